The maximum absolute atomic E-state index is 9.13. The molecule has 1 heterocycles. The summed E-state index contributed by atoms with van der Waals surface area (Å²) < 4.78 is 5.36. The first-order valence-electron chi connectivity index (χ1n) is 5.40. The lowest BCUT2D eigenvalue weighted by atomic mass is 9.90. The summed E-state index contributed by atoms with van der Waals surface area (Å²) in [6.07, 6.45) is 6.26. The van der Waals surface area contributed by atoms with E-state index in [4.69, 9.17) is 10.00 Å². The Labute approximate surface area is 89.7 Å². The topological polar surface area (TPSA) is 45.9 Å². The highest BCUT2D eigenvalue weighted by Gasteiger charge is 2.17. The lowest BCUT2D eigenvalue weighted by Crippen LogP contribution is -2.08. The zero-order valence-corrected chi connectivity index (χ0v) is 8.92. The summed E-state index contributed by atoms with van der Waals surface area (Å²) in [6.45, 7) is 2.46. The van der Waals surface area contributed by atoms with Crippen LogP contribution < -0.4 is 4.74 Å². The maximum atomic E-state index is 9.13. The molecule has 0 bridgehead atoms. The number of aromatic nitrogens is 1. The minimum absolute atomic E-state index is 0.501. The van der Waals surface area contributed by atoms with Crippen LogP contribution in [0, 0.1) is 11.3 Å². The van der Waals surface area contributed by atoms with Crippen LogP contribution in [-0.2, 0) is 12.8 Å². The van der Waals surface area contributed by atoms with Gasteiger partial charge in [0.05, 0.1) is 6.61 Å². The Kier molecular flexibility index (Phi) is 2.86. The fourth-order valence-electron chi connectivity index (χ4n) is 2.05. The molecule has 0 aliphatic heterocycles. The lowest BCUT2D eigenvalue weighted by Gasteiger charge is -2.17. The van der Waals surface area contributed by atoms with Gasteiger partial charge in [-0.05, 0) is 43.7 Å². The highest BCUT2D eigenvalue weighted by atomic mass is 16.5. The minimum Gasteiger partial charge on any atom is -0.477 e. The molecule has 0 spiro atoms. The summed E-state index contributed by atoms with van der Waals surface area (Å²) in [5.41, 5.74) is 3.03. The average molecular weight is 202 g/mol. The van der Waals surface area contributed by atoms with Crippen molar-refractivity contribution in [2.75, 3.05) is 6.61 Å². The fraction of sp³-hybridized carbons (Fsp3) is 0.500. The Hall–Kier alpha value is -1.56. The Bertz CT molecular complexity index is 407. The summed E-state index contributed by atoms with van der Waals surface area (Å²) in [5, 5.41) is 9.13. The molecule has 0 aromatic carbocycles. The predicted octanol–water partition coefficient (Wildman–Crippen LogP) is 2.23. The third-order valence-electron chi connectivity index (χ3n) is 2.76. The van der Waals surface area contributed by atoms with Crippen LogP contribution in [0.4, 0.5) is 0 Å². The molecule has 0 saturated carbocycles. The van der Waals surface area contributed by atoms with Crippen molar-refractivity contribution in [1.82, 2.24) is 4.98 Å². The van der Waals surface area contributed by atoms with Crippen LogP contribution in [0.5, 0.6) is 5.88 Å². The molecule has 1 aromatic heterocycles. The van der Waals surface area contributed by atoms with E-state index in [1.54, 1.807) is 0 Å². The highest BCUT2D eigenvalue weighted by molar-refractivity contribution is 5.49. The molecule has 0 amide bonds. The van der Waals surface area contributed by atoms with Crippen LogP contribution in [0.15, 0.2) is 6.20 Å². The first kappa shape index (κ1) is 9.97. The van der Waals surface area contributed by atoms with Crippen molar-refractivity contribution in [1.29, 1.82) is 5.26 Å². The van der Waals surface area contributed by atoms with E-state index < -0.39 is 0 Å². The van der Waals surface area contributed by atoms with Crippen molar-refractivity contribution in [2.45, 2.75) is 32.6 Å². The molecule has 78 valence electrons. The van der Waals surface area contributed by atoms with Gasteiger partial charge in [-0.2, -0.15) is 5.26 Å². The van der Waals surface area contributed by atoms with Gasteiger partial charge < -0.3 is 4.74 Å². The number of nitriles is 1. The van der Waals surface area contributed by atoms with E-state index >= 15 is 0 Å². The Morgan fingerprint density at radius 1 is 1.47 bits per heavy atom. The molecule has 0 radical (unpaired) electrons. The van der Waals surface area contributed by atoms with Crippen LogP contribution in [-0.4, -0.2) is 11.6 Å². The van der Waals surface area contributed by atoms with Gasteiger partial charge in [0, 0.05) is 6.20 Å². The number of rotatable bonds is 2. The van der Waals surface area contributed by atoms with Crippen molar-refractivity contribution in [3.05, 3.63) is 22.9 Å². The summed E-state index contributed by atoms with van der Waals surface area (Å²) in [6, 6.07) is 2.22. The van der Waals surface area contributed by atoms with Crippen molar-refractivity contribution in [3.8, 4) is 11.9 Å². The zero-order valence-electron chi connectivity index (χ0n) is 8.92. The van der Waals surface area contributed by atoms with E-state index in [-0.39, 0.29) is 0 Å². The van der Waals surface area contributed by atoms with E-state index in [0.29, 0.717) is 18.1 Å². The second-order valence-electron chi connectivity index (χ2n) is 3.69. The monoisotopic (exact) mass is 202 g/mol. The normalized spacial score (nSPS) is 14.1. The molecule has 1 aliphatic rings. The maximum Gasteiger partial charge on any atom is 0.231 e. The first-order chi connectivity index (χ1) is 7.36. The van der Waals surface area contributed by atoms with Crippen LogP contribution in [0.1, 0.15) is 36.5 Å². The summed E-state index contributed by atoms with van der Waals surface area (Å²) in [7, 11) is 0. The molecular formula is C12H14N2O. The number of nitrogens with zero attached hydrogens (tertiary/aromatic N) is 2. The number of pyridine rings is 1. The molecule has 15 heavy (non-hydrogen) atoms. The SMILES string of the molecule is CCOc1ncc2c(c1C#N)CCCC2. The molecule has 1 aromatic rings. The van der Waals surface area contributed by atoms with Crippen molar-refractivity contribution < 1.29 is 4.74 Å². The van der Waals surface area contributed by atoms with Gasteiger partial charge in [-0.1, -0.05) is 0 Å². The van der Waals surface area contributed by atoms with Gasteiger partial charge in [0.15, 0.2) is 0 Å². The molecular weight excluding hydrogens is 188 g/mol. The first-order valence-corrected chi connectivity index (χ1v) is 5.40. The predicted molar refractivity (Wildman–Crippen MR) is 56.8 cm³/mol. The van der Waals surface area contributed by atoms with Crippen molar-refractivity contribution in [2.24, 2.45) is 0 Å². The second-order valence-corrected chi connectivity index (χ2v) is 3.69. The highest BCUT2D eigenvalue weighted by Crippen LogP contribution is 2.28. The Morgan fingerprint density at radius 2 is 2.27 bits per heavy atom. The summed E-state index contributed by atoms with van der Waals surface area (Å²) in [5.74, 6) is 0.501. The summed E-state index contributed by atoms with van der Waals surface area (Å²) in [4.78, 5) is 4.21. The quantitative estimate of drug-likeness (QED) is 0.738. The molecule has 0 saturated heterocycles. The van der Waals surface area contributed by atoms with E-state index in [0.717, 1.165) is 24.8 Å². The van der Waals surface area contributed by atoms with Gasteiger partial charge >= 0.3 is 0 Å². The van der Waals surface area contributed by atoms with Crippen molar-refractivity contribution in [3.63, 3.8) is 0 Å². The third-order valence-corrected chi connectivity index (χ3v) is 2.76. The van der Waals surface area contributed by atoms with Gasteiger partial charge in [-0.25, -0.2) is 4.98 Å². The van der Waals surface area contributed by atoms with Gasteiger partial charge in [0.1, 0.15) is 11.6 Å². The van der Waals surface area contributed by atoms with Crippen LogP contribution in [0.2, 0.25) is 0 Å². The van der Waals surface area contributed by atoms with Crippen LogP contribution in [0.3, 0.4) is 0 Å². The van der Waals surface area contributed by atoms with E-state index in [2.05, 4.69) is 11.1 Å². The largest absolute Gasteiger partial charge is 0.477 e. The van der Waals surface area contributed by atoms with Gasteiger partial charge in [0.2, 0.25) is 5.88 Å². The van der Waals surface area contributed by atoms with Gasteiger partial charge in [-0.15, -0.1) is 0 Å². The van der Waals surface area contributed by atoms with E-state index in [1.165, 1.54) is 12.0 Å². The molecule has 0 fully saturated rings. The molecule has 1 aliphatic carbocycles. The molecule has 0 N–H and O–H groups in total. The Balaban J connectivity index is 2.48. The van der Waals surface area contributed by atoms with Gasteiger partial charge in [0.25, 0.3) is 0 Å². The fourth-order valence-corrected chi connectivity index (χ4v) is 2.05. The number of hydrogen-bond acceptors (Lipinski definition) is 3. The number of aryl methyl sites for hydroxylation is 1. The molecule has 2 rings (SSSR count). The van der Waals surface area contributed by atoms with Crippen LogP contribution in [0.25, 0.3) is 0 Å². The van der Waals surface area contributed by atoms with E-state index in [1.807, 2.05) is 13.1 Å². The smallest absolute Gasteiger partial charge is 0.231 e. The Morgan fingerprint density at radius 3 is 3.00 bits per heavy atom. The third kappa shape index (κ3) is 1.80. The number of fused-ring (bicyclic) bond motifs is 1. The number of hydrogen-bond donors (Lipinski definition) is 0. The number of ether oxygens (including phenoxy) is 1. The molecule has 3 heteroatoms. The lowest BCUT2D eigenvalue weighted by molar-refractivity contribution is 0.325. The minimum atomic E-state index is 0.501. The molecule has 0 atom stereocenters. The molecule has 0 unspecified atom stereocenters. The second kappa shape index (κ2) is 4.31. The standard InChI is InChI=1S/C12H14N2O/c1-2-15-12-11(7-13)10-6-4-3-5-9(10)8-14-12/h8H,2-6H2,1H3. The van der Waals surface area contributed by atoms with Gasteiger partial charge in [-0.3, -0.25) is 0 Å². The van der Waals surface area contributed by atoms with Crippen molar-refractivity contribution >= 4 is 0 Å². The average Bonchev–Trinajstić information content (AvgIpc) is 2.29. The van der Waals surface area contributed by atoms with Crippen LogP contribution >= 0.6 is 0 Å². The summed E-state index contributed by atoms with van der Waals surface area (Å²) >= 11 is 0. The zero-order chi connectivity index (χ0) is 10.7. The molecule has 3 nitrogen and oxygen atoms in total. The van der Waals surface area contributed by atoms with E-state index in [9.17, 15) is 0 Å².